The van der Waals surface area contributed by atoms with Crippen molar-refractivity contribution >= 4 is 5.91 Å². The van der Waals surface area contributed by atoms with Gasteiger partial charge >= 0.3 is 0 Å². The molecule has 0 bridgehead atoms. The highest BCUT2D eigenvalue weighted by Gasteiger charge is 2.28. The molecule has 3 nitrogen and oxygen atoms in total. The zero-order chi connectivity index (χ0) is 15.2. The van der Waals surface area contributed by atoms with Gasteiger partial charge in [0.05, 0.1) is 6.54 Å². The lowest BCUT2D eigenvalue weighted by Gasteiger charge is -2.34. The molecule has 1 saturated carbocycles. The molecule has 0 radical (unpaired) electrons. The Morgan fingerprint density at radius 3 is 2.38 bits per heavy atom. The molecule has 1 aliphatic rings. The number of amides is 1. The van der Waals surface area contributed by atoms with E-state index >= 15 is 0 Å². The lowest BCUT2D eigenvalue weighted by molar-refractivity contribution is -0.136. The van der Waals surface area contributed by atoms with E-state index in [2.05, 4.69) is 35.8 Å². The van der Waals surface area contributed by atoms with E-state index in [0.29, 0.717) is 18.6 Å². The van der Waals surface area contributed by atoms with Crippen molar-refractivity contribution in [2.75, 3.05) is 13.6 Å². The number of carbonyl (C=O) groups excluding carboxylic acids is 1. The zero-order valence-electron chi connectivity index (χ0n) is 13.6. The standard InChI is InChI=1S/C18H28N2O/c1-15(2)20(17-11-7-8-12-17)18(21)14-19(3)13-16-9-5-4-6-10-16/h4-6,9-10,15,17H,7-8,11-14H2,1-3H3. The molecule has 0 atom stereocenters. The van der Waals surface area contributed by atoms with Crippen LogP contribution in [0.2, 0.25) is 0 Å². The van der Waals surface area contributed by atoms with Crippen molar-refractivity contribution in [2.45, 2.75) is 58.2 Å². The van der Waals surface area contributed by atoms with Crippen LogP contribution in [0, 0.1) is 0 Å². The monoisotopic (exact) mass is 288 g/mol. The molecule has 0 aromatic heterocycles. The van der Waals surface area contributed by atoms with E-state index in [4.69, 9.17) is 0 Å². The summed E-state index contributed by atoms with van der Waals surface area (Å²) in [5.41, 5.74) is 1.25. The van der Waals surface area contributed by atoms with Crippen LogP contribution in [0.4, 0.5) is 0 Å². The Balaban J connectivity index is 1.91. The Morgan fingerprint density at radius 2 is 1.81 bits per heavy atom. The minimum atomic E-state index is 0.273. The summed E-state index contributed by atoms with van der Waals surface area (Å²) in [6.45, 7) is 5.59. The first-order valence-electron chi connectivity index (χ1n) is 8.11. The highest BCUT2D eigenvalue weighted by Crippen LogP contribution is 2.25. The van der Waals surface area contributed by atoms with E-state index < -0.39 is 0 Å². The number of benzene rings is 1. The fraction of sp³-hybridized carbons (Fsp3) is 0.611. The van der Waals surface area contributed by atoms with E-state index in [9.17, 15) is 4.79 Å². The zero-order valence-corrected chi connectivity index (χ0v) is 13.6. The van der Waals surface area contributed by atoms with Crippen molar-refractivity contribution in [3.05, 3.63) is 35.9 Å². The van der Waals surface area contributed by atoms with E-state index in [0.717, 1.165) is 6.54 Å². The third-order valence-corrected chi connectivity index (χ3v) is 4.26. The summed E-state index contributed by atoms with van der Waals surface area (Å²) in [5.74, 6) is 0.273. The highest BCUT2D eigenvalue weighted by molar-refractivity contribution is 5.79. The maximum absolute atomic E-state index is 12.7. The second-order valence-electron chi connectivity index (χ2n) is 6.49. The number of nitrogens with zero attached hydrogens (tertiary/aromatic N) is 2. The second-order valence-corrected chi connectivity index (χ2v) is 6.49. The summed E-state index contributed by atoms with van der Waals surface area (Å²) in [5, 5.41) is 0. The first kappa shape index (κ1) is 16.0. The van der Waals surface area contributed by atoms with E-state index in [-0.39, 0.29) is 5.91 Å². The number of rotatable bonds is 6. The fourth-order valence-electron chi connectivity index (χ4n) is 3.36. The van der Waals surface area contributed by atoms with Crippen molar-refractivity contribution in [1.29, 1.82) is 0 Å². The highest BCUT2D eigenvalue weighted by atomic mass is 16.2. The molecule has 0 unspecified atom stereocenters. The van der Waals surface area contributed by atoms with Gasteiger partial charge in [-0.15, -0.1) is 0 Å². The van der Waals surface area contributed by atoms with Gasteiger partial charge < -0.3 is 4.90 Å². The summed E-state index contributed by atoms with van der Waals surface area (Å²) in [7, 11) is 2.03. The minimum Gasteiger partial charge on any atom is -0.336 e. The first-order chi connectivity index (χ1) is 10.1. The molecule has 116 valence electrons. The van der Waals surface area contributed by atoms with Crippen LogP contribution in [0.1, 0.15) is 45.1 Å². The van der Waals surface area contributed by atoms with Gasteiger partial charge in [0.25, 0.3) is 0 Å². The maximum Gasteiger partial charge on any atom is 0.237 e. The van der Waals surface area contributed by atoms with Gasteiger partial charge in [-0.2, -0.15) is 0 Å². The smallest absolute Gasteiger partial charge is 0.237 e. The SMILES string of the molecule is CC(C)N(C(=O)CN(C)Cc1ccccc1)C1CCCC1. The van der Waals surface area contributed by atoms with E-state index in [1.165, 1.54) is 31.2 Å². The second kappa shape index (κ2) is 7.60. The summed E-state index contributed by atoms with van der Waals surface area (Å²) in [6.07, 6.45) is 4.88. The van der Waals surface area contributed by atoms with Gasteiger partial charge in [0, 0.05) is 18.6 Å². The van der Waals surface area contributed by atoms with E-state index in [1.54, 1.807) is 0 Å². The number of hydrogen-bond acceptors (Lipinski definition) is 2. The largest absolute Gasteiger partial charge is 0.336 e. The van der Waals surface area contributed by atoms with Crippen molar-refractivity contribution in [3.63, 3.8) is 0 Å². The van der Waals surface area contributed by atoms with Crippen LogP contribution in [0.5, 0.6) is 0 Å². The number of likely N-dealkylation sites (N-methyl/N-ethyl adjacent to an activating group) is 1. The molecule has 3 heteroatoms. The summed E-state index contributed by atoms with van der Waals surface area (Å²) >= 11 is 0. The van der Waals surface area contributed by atoms with Crippen molar-refractivity contribution in [3.8, 4) is 0 Å². The topological polar surface area (TPSA) is 23.6 Å². The van der Waals surface area contributed by atoms with Gasteiger partial charge in [-0.25, -0.2) is 0 Å². The lowest BCUT2D eigenvalue weighted by atomic mass is 10.1. The molecule has 1 fully saturated rings. The van der Waals surface area contributed by atoms with Crippen molar-refractivity contribution < 1.29 is 4.79 Å². The molecule has 1 aromatic rings. The summed E-state index contributed by atoms with van der Waals surface area (Å²) in [6, 6.07) is 11.1. The molecule has 2 rings (SSSR count). The maximum atomic E-state index is 12.7. The number of hydrogen-bond donors (Lipinski definition) is 0. The molecule has 1 aliphatic carbocycles. The number of carbonyl (C=O) groups is 1. The van der Waals surface area contributed by atoms with Crippen molar-refractivity contribution in [2.24, 2.45) is 0 Å². The Labute approximate surface area is 128 Å². The molecular formula is C18H28N2O. The molecule has 0 N–H and O–H groups in total. The molecule has 1 aromatic carbocycles. The predicted molar refractivity (Wildman–Crippen MR) is 87.0 cm³/mol. The Hall–Kier alpha value is -1.35. The van der Waals surface area contributed by atoms with Crippen LogP contribution in [0.15, 0.2) is 30.3 Å². The quantitative estimate of drug-likeness (QED) is 0.802. The van der Waals surface area contributed by atoms with E-state index in [1.807, 2.05) is 25.2 Å². The first-order valence-corrected chi connectivity index (χ1v) is 8.11. The Bertz CT molecular complexity index is 438. The van der Waals surface area contributed by atoms with Crippen LogP contribution in [0.25, 0.3) is 0 Å². The minimum absolute atomic E-state index is 0.273. The molecule has 0 saturated heterocycles. The summed E-state index contributed by atoms with van der Waals surface area (Å²) < 4.78 is 0. The molecule has 0 spiro atoms. The van der Waals surface area contributed by atoms with Crippen LogP contribution in [-0.4, -0.2) is 41.4 Å². The van der Waals surface area contributed by atoms with Gasteiger partial charge in [0.15, 0.2) is 0 Å². The molecule has 0 heterocycles. The van der Waals surface area contributed by atoms with Gasteiger partial charge in [0.2, 0.25) is 5.91 Å². The molecular weight excluding hydrogens is 260 g/mol. The molecule has 0 aliphatic heterocycles. The average Bonchev–Trinajstić information content (AvgIpc) is 2.93. The lowest BCUT2D eigenvalue weighted by Crippen LogP contribution is -2.47. The van der Waals surface area contributed by atoms with Crippen LogP contribution in [-0.2, 0) is 11.3 Å². The third-order valence-electron chi connectivity index (χ3n) is 4.26. The Kier molecular flexibility index (Phi) is 5.80. The normalized spacial score (nSPS) is 15.9. The van der Waals surface area contributed by atoms with Crippen molar-refractivity contribution in [1.82, 2.24) is 9.80 Å². The van der Waals surface area contributed by atoms with Gasteiger partial charge in [-0.1, -0.05) is 43.2 Å². The fourth-order valence-corrected chi connectivity index (χ4v) is 3.36. The van der Waals surface area contributed by atoms with Gasteiger partial charge in [0.1, 0.15) is 0 Å². The molecule has 21 heavy (non-hydrogen) atoms. The predicted octanol–water partition coefficient (Wildman–Crippen LogP) is 3.30. The van der Waals surface area contributed by atoms with Crippen LogP contribution < -0.4 is 0 Å². The molecule has 1 amide bonds. The van der Waals surface area contributed by atoms with Gasteiger partial charge in [-0.05, 0) is 39.3 Å². The Morgan fingerprint density at radius 1 is 1.19 bits per heavy atom. The van der Waals surface area contributed by atoms with Crippen LogP contribution >= 0.6 is 0 Å². The summed E-state index contributed by atoms with van der Waals surface area (Å²) in [4.78, 5) is 16.9. The van der Waals surface area contributed by atoms with Gasteiger partial charge in [-0.3, -0.25) is 9.69 Å². The average molecular weight is 288 g/mol. The third kappa shape index (κ3) is 4.57. The van der Waals surface area contributed by atoms with Crippen LogP contribution in [0.3, 0.4) is 0 Å².